The van der Waals surface area contributed by atoms with Crippen molar-refractivity contribution in [3.63, 3.8) is 0 Å². The Bertz CT molecular complexity index is 652. The third-order valence-corrected chi connectivity index (χ3v) is 5.10. The van der Waals surface area contributed by atoms with Crippen molar-refractivity contribution in [2.75, 3.05) is 12.4 Å². The number of benzene rings is 1. The van der Waals surface area contributed by atoms with Crippen LogP contribution in [-0.4, -0.2) is 28.5 Å². The molecule has 1 aliphatic rings. The first-order chi connectivity index (χ1) is 10.7. The summed E-state index contributed by atoms with van der Waals surface area (Å²) in [6.45, 7) is 0.574. The third-order valence-electron chi connectivity index (χ3n) is 3.24. The molecule has 0 saturated carbocycles. The smallest absolute Gasteiger partial charge is 0.230 e. The molecule has 5 nitrogen and oxygen atoms in total. The number of hydrogen-bond donors (Lipinski definition) is 1. The summed E-state index contributed by atoms with van der Waals surface area (Å²) in [6.07, 6.45) is 1.54. The fourth-order valence-corrected chi connectivity index (χ4v) is 3.59. The van der Waals surface area contributed by atoms with Crippen LogP contribution >= 0.6 is 23.1 Å². The topological polar surface area (TPSA) is 64.1 Å². The van der Waals surface area contributed by atoms with Crippen LogP contribution in [0.15, 0.2) is 28.0 Å². The minimum Gasteiger partial charge on any atom is -0.493 e. The number of nitrogens with one attached hydrogen (secondary N) is 1. The summed E-state index contributed by atoms with van der Waals surface area (Å²) in [6, 6.07) is 4.19. The van der Waals surface area contributed by atoms with Crippen LogP contribution in [0.1, 0.15) is 24.4 Å². The van der Waals surface area contributed by atoms with Gasteiger partial charge >= 0.3 is 0 Å². The molecule has 1 aromatic carbocycles. The Morgan fingerprint density at radius 3 is 3.27 bits per heavy atom. The van der Waals surface area contributed by atoms with Crippen molar-refractivity contribution in [3.8, 4) is 5.75 Å². The average molecular weight is 339 g/mol. The van der Waals surface area contributed by atoms with Gasteiger partial charge in [0.15, 0.2) is 4.34 Å². The summed E-state index contributed by atoms with van der Waals surface area (Å²) in [5.74, 6) is 0.465. The summed E-state index contributed by atoms with van der Waals surface area (Å²) in [4.78, 5) is 12.1. The third kappa shape index (κ3) is 3.75. The lowest BCUT2D eigenvalue weighted by Gasteiger charge is -2.18. The van der Waals surface area contributed by atoms with Crippen molar-refractivity contribution in [2.24, 2.45) is 0 Å². The van der Waals surface area contributed by atoms with Crippen LogP contribution in [0.2, 0.25) is 0 Å². The molecule has 1 amide bonds. The number of halogens is 1. The van der Waals surface area contributed by atoms with Crippen molar-refractivity contribution in [1.29, 1.82) is 0 Å². The molecule has 3 rings (SSSR count). The number of carbonyl (C=O) groups is 1. The maximum Gasteiger partial charge on any atom is 0.230 e. The van der Waals surface area contributed by atoms with E-state index >= 15 is 0 Å². The van der Waals surface area contributed by atoms with Crippen molar-refractivity contribution in [2.45, 2.75) is 23.2 Å². The zero-order valence-electron chi connectivity index (χ0n) is 11.6. The van der Waals surface area contributed by atoms with Gasteiger partial charge in [-0.25, -0.2) is 4.39 Å². The highest BCUT2D eigenvalue weighted by atomic mass is 32.2. The molecule has 1 N–H and O–H groups in total. The lowest BCUT2D eigenvalue weighted by Crippen LogP contribution is -2.29. The summed E-state index contributed by atoms with van der Waals surface area (Å²) in [7, 11) is 0. The fourth-order valence-electron chi connectivity index (χ4n) is 2.29. The summed E-state index contributed by atoms with van der Waals surface area (Å²) in [5.41, 5.74) is 2.33. The zero-order valence-corrected chi connectivity index (χ0v) is 13.3. The summed E-state index contributed by atoms with van der Waals surface area (Å²) in [5, 5.41) is 10.6. The standard InChI is InChI=1S/C14H14FN3O2S2/c15-9-3-4-12-10(6-9)11(2-1-5-20-12)17-13(19)7-21-14-18-16-8-22-14/h3-4,6,8,11H,1-2,5,7H2,(H,17,19)/t11-/m0/s1. The molecule has 0 aliphatic carbocycles. The highest BCUT2D eigenvalue weighted by molar-refractivity contribution is 8.01. The van der Waals surface area contributed by atoms with Crippen LogP contribution in [-0.2, 0) is 4.79 Å². The SMILES string of the molecule is O=C(CSc1nncs1)N[C@H]1CCCOc2ccc(F)cc21. The molecule has 0 fully saturated rings. The number of fused-ring (bicyclic) bond motifs is 1. The van der Waals surface area contributed by atoms with E-state index in [-0.39, 0.29) is 23.5 Å². The van der Waals surface area contributed by atoms with Gasteiger partial charge in [0, 0.05) is 5.56 Å². The second-order valence-corrected chi connectivity index (χ2v) is 6.84. The van der Waals surface area contributed by atoms with E-state index in [2.05, 4.69) is 15.5 Å². The van der Waals surface area contributed by atoms with Gasteiger partial charge < -0.3 is 10.1 Å². The minimum atomic E-state index is -0.327. The Kier molecular flexibility index (Phi) is 4.89. The lowest BCUT2D eigenvalue weighted by molar-refractivity contribution is -0.119. The average Bonchev–Trinajstić information content (AvgIpc) is 2.95. The van der Waals surface area contributed by atoms with E-state index < -0.39 is 0 Å². The molecule has 0 radical (unpaired) electrons. The van der Waals surface area contributed by atoms with Crippen LogP contribution in [0.25, 0.3) is 0 Å². The van der Waals surface area contributed by atoms with Gasteiger partial charge in [-0.15, -0.1) is 10.2 Å². The van der Waals surface area contributed by atoms with E-state index in [0.29, 0.717) is 17.9 Å². The first-order valence-electron chi connectivity index (χ1n) is 6.83. The van der Waals surface area contributed by atoms with E-state index in [1.807, 2.05) is 0 Å². The van der Waals surface area contributed by atoms with E-state index in [4.69, 9.17) is 4.74 Å². The molecule has 2 heterocycles. The Morgan fingerprint density at radius 1 is 1.55 bits per heavy atom. The van der Waals surface area contributed by atoms with Crippen molar-refractivity contribution in [1.82, 2.24) is 15.5 Å². The van der Waals surface area contributed by atoms with Crippen LogP contribution in [0.5, 0.6) is 5.75 Å². The number of thioether (sulfide) groups is 1. The molecule has 8 heteroatoms. The van der Waals surface area contributed by atoms with E-state index in [0.717, 1.165) is 17.2 Å². The van der Waals surface area contributed by atoms with Crippen LogP contribution < -0.4 is 10.1 Å². The summed E-state index contributed by atoms with van der Waals surface area (Å²) < 4.78 is 19.8. The number of hydrogen-bond acceptors (Lipinski definition) is 6. The second-order valence-electron chi connectivity index (χ2n) is 4.79. The monoisotopic (exact) mass is 339 g/mol. The van der Waals surface area contributed by atoms with E-state index in [9.17, 15) is 9.18 Å². The Labute approximate surface area is 135 Å². The van der Waals surface area contributed by atoms with Gasteiger partial charge in [-0.05, 0) is 31.0 Å². The lowest BCUT2D eigenvalue weighted by atomic mass is 10.0. The van der Waals surface area contributed by atoms with Gasteiger partial charge in [-0.1, -0.05) is 23.1 Å². The normalized spacial score (nSPS) is 17.2. The molecule has 0 unspecified atom stereocenters. The molecule has 0 saturated heterocycles. The molecular weight excluding hydrogens is 325 g/mol. The largest absolute Gasteiger partial charge is 0.493 e. The fraction of sp³-hybridized carbons (Fsp3) is 0.357. The number of carbonyl (C=O) groups excluding carboxylic acids is 1. The summed E-state index contributed by atoms with van der Waals surface area (Å²) >= 11 is 2.74. The molecule has 22 heavy (non-hydrogen) atoms. The van der Waals surface area contributed by atoms with Gasteiger partial charge in [0.25, 0.3) is 0 Å². The number of nitrogens with zero attached hydrogens (tertiary/aromatic N) is 2. The second kappa shape index (κ2) is 7.06. The maximum atomic E-state index is 13.5. The van der Waals surface area contributed by atoms with Gasteiger partial charge in [0.2, 0.25) is 5.91 Å². The van der Waals surface area contributed by atoms with Gasteiger partial charge in [0.1, 0.15) is 17.1 Å². The molecule has 0 spiro atoms. The van der Waals surface area contributed by atoms with Crippen LogP contribution in [0.3, 0.4) is 0 Å². The minimum absolute atomic E-state index is 0.109. The Balaban J connectivity index is 1.66. The molecular formula is C14H14FN3O2S2. The molecule has 1 aromatic heterocycles. The zero-order chi connectivity index (χ0) is 15.4. The van der Waals surface area contributed by atoms with E-state index in [1.54, 1.807) is 11.6 Å². The quantitative estimate of drug-likeness (QED) is 0.868. The van der Waals surface area contributed by atoms with Crippen LogP contribution in [0, 0.1) is 5.82 Å². The molecule has 1 atom stereocenters. The number of rotatable bonds is 4. The Morgan fingerprint density at radius 2 is 2.45 bits per heavy atom. The molecule has 0 bridgehead atoms. The van der Waals surface area contributed by atoms with Crippen molar-refractivity contribution >= 4 is 29.0 Å². The highest BCUT2D eigenvalue weighted by Crippen LogP contribution is 2.32. The van der Waals surface area contributed by atoms with Crippen molar-refractivity contribution in [3.05, 3.63) is 35.1 Å². The number of ether oxygens (including phenoxy) is 1. The van der Waals surface area contributed by atoms with Crippen LogP contribution in [0.4, 0.5) is 4.39 Å². The number of aromatic nitrogens is 2. The first kappa shape index (κ1) is 15.2. The molecule has 1 aliphatic heterocycles. The van der Waals surface area contributed by atoms with E-state index in [1.165, 1.54) is 35.2 Å². The van der Waals surface area contributed by atoms with Gasteiger partial charge in [-0.2, -0.15) is 0 Å². The predicted octanol–water partition coefficient (Wildman–Crippen LogP) is 2.80. The molecule has 116 valence electrons. The highest BCUT2D eigenvalue weighted by Gasteiger charge is 2.22. The first-order valence-corrected chi connectivity index (χ1v) is 8.69. The molecule has 2 aromatic rings. The number of amides is 1. The van der Waals surface area contributed by atoms with Crippen molar-refractivity contribution < 1.29 is 13.9 Å². The van der Waals surface area contributed by atoms with Gasteiger partial charge in [-0.3, -0.25) is 4.79 Å². The Hall–Kier alpha value is -1.67. The maximum absolute atomic E-state index is 13.5. The predicted molar refractivity (Wildman–Crippen MR) is 82.6 cm³/mol. The van der Waals surface area contributed by atoms with Gasteiger partial charge in [0.05, 0.1) is 18.4 Å².